The molecule has 28 heavy (non-hydrogen) atoms. The second-order valence-corrected chi connectivity index (χ2v) is 8.11. The largest absolute Gasteiger partial charge is 0.466 e. The fraction of sp³-hybridized carbons (Fsp3) is 0.391. The lowest BCUT2D eigenvalue weighted by molar-refractivity contribution is -0.116. The number of hydrogen-bond acceptors (Lipinski definition) is 4. The minimum absolute atomic E-state index is 0.0318. The number of nitrogens with zero attached hydrogens (tertiary/aromatic N) is 1. The molecule has 0 aliphatic carbocycles. The quantitative estimate of drug-likeness (QED) is 0.471. The SMILES string of the molecule is CCCCc1ccc(Cc2cnc(NC(=O)CCc3ccc(CC)o3)s2)cc1. The van der Waals surface area contributed by atoms with Crippen molar-refractivity contribution in [2.24, 2.45) is 0 Å². The monoisotopic (exact) mass is 396 g/mol. The molecule has 3 rings (SSSR count). The average molecular weight is 397 g/mol. The van der Waals surface area contributed by atoms with Crippen LogP contribution in [-0.2, 0) is 30.5 Å². The van der Waals surface area contributed by atoms with Crippen LogP contribution in [0.5, 0.6) is 0 Å². The molecular weight excluding hydrogens is 368 g/mol. The summed E-state index contributed by atoms with van der Waals surface area (Å²) in [6, 6.07) is 12.7. The van der Waals surface area contributed by atoms with Crippen LogP contribution in [-0.4, -0.2) is 10.9 Å². The number of nitrogens with one attached hydrogen (secondary N) is 1. The molecule has 2 aromatic heterocycles. The molecule has 0 saturated carbocycles. The summed E-state index contributed by atoms with van der Waals surface area (Å²) in [4.78, 5) is 17.7. The van der Waals surface area contributed by atoms with Crippen LogP contribution in [0.4, 0.5) is 5.13 Å². The minimum Gasteiger partial charge on any atom is -0.466 e. The highest BCUT2D eigenvalue weighted by atomic mass is 32.1. The highest BCUT2D eigenvalue weighted by molar-refractivity contribution is 7.15. The molecule has 0 bridgehead atoms. The summed E-state index contributed by atoms with van der Waals surface area (Å²) in [6.07, 6.45) is 8.16. The van der Waals surface area contributed by atoms with Crippen molar-refractivity contribution >= 4 is 22.4 Å². The number of anilines is 1. The zero-order valence-corrected chi connectivity index (χ0v) is 17.5. The number of carbonyl (C=O) groups is 1. The highest BCUT2D eigenvalue weighted by Gasteiger charge is 2.09. The van der Waals surface area contributed by atoms with Gasteiger partial charge in [0.25, 0.3) is 0 Å². The van der Waals surface area contributed by atoms with Gasteiger partial charge in [-0.2, -0.15) is 0 Å². The summed E-state index contributed by atoms with van der Waals surface area (Å²) < 4.78 is 5.64. The Morgan fingerprint density at radius 1 is 1.04 bits per heavy atom. The number of rotatable bonds is 10. The van der Waals surface area contributed by atoms with Crippen LogP contribution in [0.3, 0.4) is 0 Å². The van der Waals surface area contributed by atoms with Gasteiger partial charge in [0, 0.05) is 36.8 Å². The zero-order valence-electron chi connectivity index (χ0n) is 16.7. The van der Waals surface area contributed by atoms with Gasteiger partial charge in [0.1, 0.15) is 11.5 Å². The third-order valence-corrected chi connectivity index (χ3v) is 5.60. The lowest BCUT2D eigenvalue weighted by atomic mass is 10.0. The van der Waals surface area contributed by atoms with Crippen LogP contribution in [0.2, 0.25) is 0 Å². The number of benzene rings is 1. The van der Waals surface area contributed by atoms with Gasteiger partial charge < -0.3 is 9.73 Å². The number of unbranched alkanes of at least 4 members (excludes halogenated alkanes) is 1. The van der Waals surface area contributed by atoms with Crippen molar-refractivity contribution in [1.29, 1.82) is 0 Å². The van der Waals surface area contributed by atoms with Gasteiger partial charge in [-0.1, -0.05) is 44.5 Å². The van der Waals surface area contributed by atoms with Gasteiger partial charge in [-0.05, 0) is 36.1 Å². The number of aromatic nitrogens is 1. The number of aryl methyl sites for hydroxylation is 3. The van der Waals surface area contributed by atoms with Gasteiger partial charge in [-0.15, -0.1) is 11.3 Å². The van der Waals surface area contributed by atoms with E-state index in [1.165, 1.54) is 35.3 Å². The van der Waals surface area contributed by atoms with E-state index in [0.717, 1.165) is 35.7 Å². The van der Waals surface area contributed by atoms with E-state index < -0.39 is 0 Å². The first kappa shape index (κ1) is 20.3. The molecule has 0 unspecified atom stereocenters. The molecule has 0 radical (unpaired) electrons. The van der Waals surface area contributed by atoms with Gasteiger partial charge in [0.15, 0.2) is 5.13 Å². The van der Waals surface area contributed by atoms with Crippen molar-refractivity contribution in [2.75, 3.05) is 5.32 Å². The molecule has 0 saturated heterocycles. The van der Waals surface area contributed by atoms with Crippen LogP contribution < -0.4 is 5.32 Å². The molecule has 0 atom stereocenters. The van der Waals surface area contributed by atoms with E-state index in [4.69, 9.17) is 4.42 Å². The fourth-order valence-corrected chi connectivity index (χ4v) is 3.88. The first-order chi connectivity index (χ1) is 13.7. The molecule has 0 spiro atoms. The average Bonchev–Trinajstić information content (AvgIpc) is 3.35. The molecule has 0 fully saturated rings. The molecule has 5 heteroatoms. The Labute approximate surface area is 171 Å². The lowest BCUT2D eigenvalue weighted by Crippen LogP contribution is -2.11. The maximum Gasteiger partial charge on any atom is 0.226 e. The van der Waals surface area contributed by atoms with Crippen molar-refractivity contribution < 1.29 is 9.21 Å². The van der Waals surface area contributed by atoms with Crippen molar-refractivity contribution in [1.82, 2.24) is 4.98 Å². The Hall–Kier alpha value is -2.40. The van der Waals surface area contributed by atoms with E-state index in [9.17, 15) is 4.79 Å². The standard InChI is InChI=1S/C23H28N2O2S/c1-3-5-6-17-7-9-18(10-8-17)15-21-16-24-23(28-21)25-22(26)14-13-20-12-11-19(4-2)27-20/h7-12,16H,3-6,13-15H2,1-2H3,(H,24,25,26). The number of hydrogen-bond donors (Lipinski definition) is 1. The van der Waals surface area contributed by atoms with Crippen molar-refractivity contribution in [3.63, 3.8) is 0 Å². The normalized spacial score (nSPS) is 10.9. The molecule has 2 heterocycles. The van der Waals surface area contributed by atoms with Crippen LogP contribution in [0, 0.1) is 0 Å². The Balaban J connectivity index is 1.47. The Bertz CT molecular complexity index is 880. The fourth-order valence-electron chi connectivity index (χ4n) is 3.02. The van der Waals surface area contributed by atoms with E-state index in [2.05, 4.69) is 48.4 Å². The smallest absolute Gasteiger partial charge is 0.226 e. The summed E-state index contributed by atoms with van der Waals surface area (Å²) in [5.74, 6) is 1.78. The Morgan fingerprint density at radius 3 is 2.50 bits per heavy atom. The van der Waals surface area contributed by atoms with Gasteiger partial charge >= 0.3 is 0 Å². The number of thiazole rings is 1. The molecule has 1 aromatic carbocycles. The summed E-state index contributed by atoms with van der Waals surface area (Å²) in [5.41, 5.74) is 2.66. The van der Waals surface area contributed by atoms with E-state index in [1.54, 1.807) is 0 Å². The summed E-state index contributed by atoms with van der Waals surface area (Å²) in [5, 5.41) is 3.56. The van der Waals surface area contributed by atoms with Crippen molar-refractivity contribution in [3.8, 4) is 0 Å². The van der Waals surface area contributed by atoms with E-state index in [-0.39, 0.29) is 5.91 Å². The molecule has 1 amide bonds. The topological polar surface area (TPSA) is 55.1 Å². The number of furan rings is 1. The Kier molecular flexibility index (Phi) is 7.43. The maximum atomic E-state index is 12.2. The van der Waals surface area contributed by atoms with Gasteiger partial charge in [-0.25, -0.2) is 4.98 Å². The second-order valence-electron chi connectivity index (χ2n) is 7.00. The molecule has 4 nitrogen and oxygen atoms in total. The van der Waals surface area contributed by atoms with E-state index in [1.807, 2.05) is 18.3 Å². The van der Waals surface area contributed by atoms with Gasteiger partial charge in [0.2, 0.25) is 5.91 Å². The third-order valence-electron chi connectivity index (χ3n) is 4.68. The summed E-state index contributed by atoms with van der Waals surface area (Å²) in [7, 11) is 0. The van der Waals surface area contributed by atoms with Gasteiger partial charge in [-0.3, -0.25) is 4.79 Å². The number of amides is 1. The maximum absolute atomic E-state index is 12.2. The van der Waals surface area contributed by atoms with Crippen molar-refractivity contribution in [3.05, 3.63) is 70.1 Å². The van der Waals surface area contributed by atoms with Crippen LogP contribution >= 0.6 is 11.3 Å². The van der Waals surface area contributed by atoms with Crippen LogP contribution in [0.25, 0.3) is 0 Å². The van der Waals surface area contributed by atoms with Crippen molar-refractivity contribution in [2.45, 2.75) is 58.8 Å². The minimum atomic E-state index is -0.0318. The zero-order chi connectivity index (χ0) is 19.8. The Morgan fingerprint density at radius 2 is 1.79 bits per heavy atom. The lowest BCUT2D eigenvalue weighted by Gasteiger charge is -2.03. The molecular formula is C23H28N2O2S. The second kappa shape index (κ2) is 10.2. The first-order valence-electron chi connectivity index (χ1n) is 10.1. The molecule has 148 valence electrons. The van der Waals surface area contributed by atoms with E-state index in [0.29, 0.717) is 18.0 Å². The first-order valence-corrected chi connectivity index (χ1v) is 10.9. The predicted molar refractivity (Wildman–Crippen MR) is 115 cm³/mol. The van der Waals surface area contributed by atoms with E-state index >= 15 is 0 Å². The van der Waals surface area contributed by atoms with Crippen LogP contribution in [0.1, 0.15) is 60.6 Å². The predicted octanol–water partition coefficient (Wildman–Crippen LogP) is 5.80. The molecule has 0 aliphatic heterocycles. The number of carbonyl (C=O) groups excluding carboxylic acids is 1. The van der Waals surface area contributed by atoms with Gasteiger partial charge in [0.05, 0.1) is 0 Å². The summed E-state index contributed by atoms with van der Waals surface area (Å²) >= 11 is 1.54. The summed E-state index contributed by atoms with van der Waals surface area (Å²) in [6.45, 7) is 4.27. The molecule has 3 aromatic rings. The third kappa shape index (κ3) is 6.06. The highest BCUT2D eigenvalue weighted by Crippen LogP contribution is 2.22. The molecule has 0 aliphatic rings. The molecule has 1 N–H and O–H groups in total. The van der Waals surface area contributed by atoms with Crippen LogP contribution in [0.15, 0.2) is 47.0 Å².